The van der Waals surface area contributed by atoms with Gasteiger partial charge < -0.3 is 50.6 Å². The van der Waals surface area contributed by atoms with Crippen LogP contribution in [0.1, 0.15) is 5.56 Å². The molecule has 3 atom stereocenters. The Labute approximate surface area is 187 Å². The number of anilines is 3. The number of hydrogen-bond donors (Lipinski definition) is 7. The highest BCUT2D eigenvalue weighted by Gasteiger charge is 2.25. The van der Waals surface area contributed by atoms with E-state index in [1.165, 1.54) is 0 Å². The summed E-state index contributed by atoms with van der Waals surface area (Å²) in [6, 6.07) is 6.80. The molecular weight excluding hydrogens is 459 g/mol. The summed E-state index contributed by atoms with van der Waals surface area (Å²) in [5.74, 6) is 0.316. The van der Waals surface area contributed by atoms with Crippen molar-refractivity contribution < 1.29 is 34.2 Å². The number of aliphatic imine (C=N–C) groups is 1. The van der Waals surface area contributed by atoms with Crippen LogP contribution in [0.3, 0.4) is 0 Å². The smallest absolute Gasteiger partial charge is 0.280 e. The van der Waals surface area contributed by atoms with Crippen LogP contribution in [-0.4, -0.2) is 69.0 Å². The fourth-order valence-corrected chi connectivity index (χ4v) is 3.38. The molecule has 0 spiro atoms. The molecule has 0 saturated heterocycles. The van der Waals surface area contributed by atoms with Crippen LogP contribution in [0.25, 0.3) is 0 Å². The lowest BCUT2D eigenvalue weighted by atomic mass is 10.0. The van der Waals surface area contributed by atoms with Gasteiger partial charge in [0.05, 0.1) is 39.3 Å². The van der Waals surface area contributed by atoms with E-state index in [1.807, 2.05) is 0 Å². The van der Waals surface area contributed by atoms with Gasteiger partial charge in [-0.3, -0.25) is 9.78 Å². The third kappa shape index (κ3) is 7.07. The molecule has 0 bridgehead atoms. The van der Waals surface area contributed by atoms with Gasteiger partial charge in [-0.05, 0) is 17.7 Å². The summed E-state index contributed by atoms with van der Waals surface area (Å²) in [4.78, 5) is 43.5. The summed E-state index contributed by atoms with van der Waals surface area (Å²) in [5, 5.41) is 35.8. The van der Waals surface area contributed by atoms with Crippen LogP contribution in [0.2, 0.25) is 0 Å². The highest BCUT2D eigenvalue weighted by atomic mass is 31.2. The van der Waals surface area contributed by atoms with Gasteiger partial charge in [0.2, 0.25) is 5.95 Å². The van der Waals surface area contributed by atoms with Crippen molar-refractivity contribution in [2.75, 3.05) is 36.1 Å². The van der Waals surface area contributed by atoms with Gasteiger partial charge in [-0.1, -0.05) is 12.1 Å². The van der Waals surface area contributed by atoms with E-state index in [2.05, 4.69) is 30.1 Å². The number of nitrogens with one attached hydrogen (secondary N) is 3. The van der Waals surface area contributed by atoms with Crippen LogP contribution in [0, 0.1) is 0 Å². The number of H-pyrrole nitrogens is 1. The third-order valence-corrected chi connectivity index (χ3v) is 5.20. The Bertz CT molecular complexity index is 1100. The Kier molecular flexibility index (Phi) is 7.81. The second-order valence-electron chi connectivity index (χ2n) is 7.30. The molecular formula is C18H23N6O8P-2. The fraction of sp³-hybridized carbons (Fsp3) is 0.389. The molecule has 15 heteroatoms. The van der Waals surface area contributed by atoms with Crippen LogP contribution in [0.4, 0.5) is 23.1 Å². The zero-order chi connectivity index (χ0) is 24.2. The highest BCUT2D eigenvalue weighted by Crippen LogP contribution is 2.25. The number of hydrogen-bond acceptors (Lipinski definition) is 13. The number of rotatable bonds is 10. The van der Waals surface area contributed by atoms with Crippen molar-refractivity contribution in [2.24, 2.45) is 4.99 Å². The molecule has 1 aromatic heterocycles. The van der Waals surface area contributed by atoms with Crippen molar-refractivity contribution in [3.8, 4) is 0 Å². The minimum Gasteiger partial charge on any atom is -0.790 e. The van der Waals surface area contributed by atoms with Gasteiger partial charge in [0.15, 0.2) is 11.5 Å². The minimum atomic E-state index is -5.30. The number of aliphatic hydroxyl groups is 3. The molecule has 1 aliphatic heterocycles. The SMILES string of the molecule is Nc1nc2c(c(=O)[nH]1)N=C(CNc1ccc(C[C@H](O)[C@H](O)[C@H](O)COP(=O)([O-])[O-])cc1)CN2. The number of nitrogens with zero attached hydrogens (tertiary/aromatic N) is 2. The number of nitrogen functional groups attached to an aromatic ring is 1. The predicted octanol–water partition coefficient (Wildman–Crippen LogP) is -2.57. The molecule has 2 heterocycles. The molecule has 0 saturated carbocycles. The molecule has 14 nitrogen and oxygen atoms in total. The predicted molar refractivity (Wildman–Crippen MR) is 115 cm³/mol. The number of phosphoric ester groups is 1. The van der Waals surface area contributed by atoms with E-state index in [0.717, 1.165) is 5.69 Å². The summed E-state index contributed by atoms with van der Waals surface area (Å²) < 4.78 is 14.4. The Morgan fingerprint density at radius 2 is 1.91 bits per heavy atom. The molecule has 3 rings (SSSR count). The molecule has 0 radical (unpaired) electrons. The van der Waals surface area contributed by atoms with Gasteiger partial charge in [-0.15, -0.1) is 0 Å². The van der Waals surface area contributed by atoms with Crippen LogP contribution in [0.15, 0.2) is 34.1 Å². The van der Waals surface area contributed by atoms with E-state index in [4.69, 9.17) is 5.73 Å². The lowest BCUT2D eigenvalue weighted by molar-refractivity contribution is -0.343. The third-order valence-electron chi connectivity index (χ3n) is 4.73. The van der Waals surface area contributed by atoms with Crippen molar-refractivity contribution in [3.05, 3.63) is 40.2 Å². The molecule has 0 unspecified atom stereocenters. The number of aromatic nitrogens is 2. The maximum absolute atomic E-state index is 12.0. The molecule has 1 aromatic carbocycles. The van der Waals surface area contributed by atoms with Crippen LogP contribution >= 0.6 is 7.82 Å². The maximum Gasteiger partial charge on any atom is 0.280 e. The number of aromatic amines is 1. The fourth-order valence-electron chi connectivity index (χ4n) is 3.04. The molecule has 0 fully saturated rings. The summed E-state index contributed by atoms with van der Waals surface area (Å²) in [6.07, 6.45) is -4.95. The second kappa shape index (κ2) is 10.4. The van der Waals surface area contributed by atoms with E-state index >= 15 is 0 Å². The van der Waals surface area contributed by atoms with Gasteiger partial charge in [-0.25, -0.2) is 4.99 Å². The van der Waals surface area contributed by atoms with Gasteiger partial charge >= 0.3 is 0 Å². The van der Waals surface area contributed by atoms with Gasteiger partial charge in [0.25, 0.3) is 5.56 Å². The first kappa shape index (κ1) is 24.8. The van der Waals surface area contributed by atoms with E-state index in [-0.39, 0.29) is 18.1 Å². The summed E-state index contributed by atoms with van der Waals surface area (Å²) in [5.41, 5.74) is 7.22. The van der Waals surface area contributed by atoms with Crippen LogP contribution in [-0.2, 0) is 15.5 Å². The normalized spacial score (nSPS) is 16.2. The molecule has 180 valence electrons. The van der Waals surface area contributed by atoms with Crippen molar-refractivity contribution in [2.45, 2.75) is 24.7 Å². The first-order chi connectivity index (χ1) is 15.5. The van der Waals surface area contributed by atoms with Crippen molar-refractivity contribution in [1.29, 1.82) is 0 Å². The zero-order valence-corrected chi connectivity index (χ0v) is 18.1. The molecule has 2 aromatic rings. The minimum absolute atomic E-state index is 0.000619. The average Bonchev–Trinajstić information content (AvgIpc) is 2.76. The molecule has 0 amide bonds. The average molecular weight is 482 g/mol. The molecule has 33 heavy (non-hydrogen) atoms. The number of phosphoric acid groups is 1. The van der Waals surface area contributed by atoms with Gasteiger partial charge in [-0.2, -0.15) is 4.98 Å². The Morgan fingerprint density at radius 1 is 1.21 bits per heavy atom. The summed E-state index contributed by atoms with van der Waals surface area (Å²) in [7, 11) is -5.30. The van der Waals surface area contributed by atoms with Crippen LogP contribution < -0.4 is 31.7 Å². The lowest BCUT2D eigenvalue weighted by Gasteiger charge is -2.31. The second-order valence-corrected chi connectivity index (χ2v) is 8.46. The Hall–Kier alpha value is -2.84. The molecule has 1 aliphatic rings. The van der Waals surface area contributed by atoms with Crippen molar-refractivity contribution in [1.82, 2.24) is 9.97 Å². The maximum atomic E-state index is 12.0. The first-order valence-corrected chi connectivity index (χ1v) is 11.2. The zero-order valence-electron chi connectivity index (χ0n) is 17.2. The highest BCUT2D eigenvalue weighted by molar-refractivity contribution is 7.43. The van der Waals surface area contributed by atoms with Gasteiger partial charge in [0.1, 0.15) is 12.2 Å². The van der Waals surface area contributed by atoms with E-state index < -0.39 is 38.3 Å². The van der Waals surface area contributed by atoms with Crippen molar-refractivity contribution >= 4 is 36.7 Å². The first-order valence-electron chi connectivity index (χ1n) is 9.75. The van der Waals surface area contributed by atoms with Crippen LogP contribution in [0.5, 0.6) is 0 Å². The number of fused-ring (bicyclic) bond motifs is 1. The number of benzene rings is 1. The lowest BCUT2D eigenvalue weighted by Crippen LogP contribution is -2.41. The topological polar surface area (TPSA) is 241 Å². The quantitative estimate of drug-likeness (QED) is 0.173. The van der Waals surface area contributed by atoms with E-state index in [0.29, 0.717) is 30.2 Å². The van der Waals surface area contributed by atoms with Crippen molar-refractivity contribution in [3.63, 3.8) is 0 Å². The molecule has 0 aliphatic carbocycles. The number of aliphatic hydroxyl groups excluding tert-OH is 3. The monoisotopic (exact) mass is 482 g/mol. The van der Waals surface area contributed by atoms with Gasteiger partial charge in [0, 0.05) is 12.1 Å². The largest absolute Gasteiger partial charge is 0.790 e. The Balaban J connectivity index is 1.52. The summed E-state index contributed by atoms with van der Waals surface area (Å²) >= 11 is 0. The molecule has 8 N–H and O–H groups in total. The summed E-state index contributed by atoms with van der Waals surface area (Å²) in [6.45, 7) is -0.242. The van der Waals surface area contributed by atoms with E-state index in [9.17, 15) is 34.5 Å². The standard InChI is InChI=1S/C18H25N6O8P/c19-18-23-16-14(17(28)24-18)22-11(7-21-16)6-20-10-3-1-9(2-4-10)5-12(25)15(27)13(26)8-32-33(29,30)31/h1-4,12-13,15,20,25-27H,5-8H2,(H2,29,30,31)(H4,19,21,23,24,28)/p-2/t12-,13+,15-/m0/s1. The number of nitrogens with two attached hydrogens (primary N) is 1. The Morgan fingerprint density at radius 3 is 2.58 bits per heavy atom. The van der Waals surface area contributed by atoms with E-state index in [1.54, 1.807) is 24.3 Å².